The Morgan fingerprint density at radius 2 is 1.68 bits per heavy atom. The van der Waals surface area contributed by atoms with E-state index < -0.39 is 5.54 Å². The molecular weight excluding hydrogens is 237 g/mol. The molecule has 0 aliphatic carbocycles. The zero-order chi connectivity index (χ0) is 15.5. The molecule has 0 unspecified atom stereocenters. The summed E-state index contributed by atoms with van der Waals surface area (Å²) >= 11 is 0. The van der Waals surface area contributed by atoms with Crippen molar-refractivity contribution in [1.82, 2.24) is 0 Å². The molecule has 0 fully saturated rings. The normalized spacial score (nSPS) is 12.4. The Labute approximate surface area is 118 Å². The molecule has 108 valence electrons. The zero-order valence-corrected chi connectivity index (χ0v) is 12.7. The first-order chi connectivity index (χ1) is 8.81. The number of hydrogen-bond acceptors (Lipinski definition) is 1. The van der Waals surface area contributed by atoms with Gasteiger partial charge in [-0.15, -0.1) is 19.7 Å². The van der Waals surface area contributed by atoms with E-state index in [0.717, 1.165) is 5.92 Å². The highest BCUT2D eigenvalue weighted by Gasteiger charge is 2.22. The fraction of sp³-hybridized carbons (Fsp3) is 0.412. The van der Waals surface area contributed by atoms with Crippen LogP contribution in [0.3, 0.4) is 0 Å². The van der Waals surface area contributed by atoms with Crippen LogP contribution in [-0.2, 0) is 5.54 Å². The fourth-order valence-electron chi connectivity index (χ4n) is 1.33. The van der Waals surface area contributed by atoms with Gasteiger partial charge in [-0.2, -0.15) is 0 Å². The highest BCUT2D eigenvalue weighted by molar-refractivity contribution is 5.25. The molecule has 1 aromatic rings. The maximum atomic E-state index is 13.3. The van der Waals surface area contributed by atoms with Crippen LogP contribution in [0, 0.1) is 11.7 Å². The Morgan fingerprint density at radius 1 is 1.26 bits per heavy atom. The van der Waals surface area contributed by atoms with E-state index in [1.165, 1.54) is 6.07 Å². The third-order valence-corrected chi connectivity index (χ3v) is 2.06. The van der Waals surface area contributed by atoms with E-state index in [1.807, 2.05) is 0 Å². The summed E-state index contributed by atoms with van der Waals surface area (Å²) in [7, 11) is 0. The highest BCUT2D eigenvalue weighted by atomic mass is 19.1. The van der Waals surface area contributed by atoms with Crippen molar-refractivity contribution in [2.75, 3.05) is 0 Å². The Balaban J connectivity index is 0. The average Bonchev–Trinajstić information content (AvgIpc) is 2.31. The Morgan fingerprint density at radius 3 is 2.05 bits per heavy atom. The molecule has 19 heavy (non-hydrogen) atoms. The van der Waals surface area contributed by atoms with Gasteiger partial charge in [0.2, 0.25) is 0 Å². The predicted molar refractivity (Wildman–Crippen MR) is 84.5 cm³/mol. The van der Waals surface area contributed by atoms with Gasteiger partial charge in [0.1, 0.15) is 5.82 Å². The molecule has 2 N–H and O–H groups in total. The molecule has 0 spiro atoms. The molecule has 0 heterocycles. The van der Waals surface area contributed by atoms with Crippen molar-refractivity contribution in [1.29, 1.82) is 0 Å². The molecule has 0 amide bonds. The maximum Gasteiger partial charge on any atom is 0.128 e. The van der Waals surface area contributed by atoms with E-state index >= 15 is 0 Å². The van der Waals surface area contributed by atoms with E-state index in [9.17, 15) is 4.39 Å². The number of rotatable bonds is 3. The molecule has 0 radical (unpaired) electrons. The Bertz CT molecular complexity index is 353. The molecule has 1 aromatic carbocycles. The lowest BCUT2D eigenvalue weighted by atomic mass is 9.89. The monoisotopic (exact) mass is 265 g/mol. The van der Waals surface area contributed by atoms with Crippen molar-refractivity contribution in [3.05, 3.63) is 61.5 Å². The van der Waals surface area contributed by atoms with Gasteiger partial charge in [-0.05, 0) is 25.3 Å². The largest absolute Gasteiger partial charge is 0.321 e. The van der Waals surface area contributed by atoms with E-state index in [2.05, 4.69) is 40.5 Å². The molecule has 0 saturated heterocycles. The molecule has 0 saturated carbocycles. The third kappa shape index (κ3) is 9.20. The van der Waals surface area contributed by atoms with Crippen molar-refractivity contribution < 1.29 is 4.39 Å². The molecular formula is C17H28FN. The highest BCUT2D eigenvalue weighted by Crippen LogP contribution is 2.24. The molecule has 1 atom stereocenters. The summed E-state index contributed by atoms with van der Waals surface area (Å²) in [5, 5.41) is 0. The van der Waals surface area contributed by atoms with Crippen LogP contribution in [0.1, 0.15) is 39.7 Å². The van der Waals surface area contributed by atoms with Gasteiger partial charge in [-0.25, -0.2) is 4.39 Å². The summed E-state index contributed by atoms with van der Waals surface area (Å²) in [4.78, 5) is 0. The summed E-state index contributed by atoms with van der Waals surface area (Å²) < 4.78 is 13.3. The minimum atomic E-state index is -0.660. The standard InChI is InChI=1S/C11H14FN.C4H10.C2H4/c1-3-8-11(2,13)9-6-4-5-7-10(9)12;1-4(2)3;1-2/h3-7H,1,8,13H2,2H3;4H,1-3H3;1-2H2/t11-;;/m0../s1. The third-order valence-electron chi connectivity index (χ3n) is 2.06. The zero-order valence-electron chi connectivity index (χ0n) is 12.7. The lowest BCUT2D eigenvalue weighted by Crippen LogP contribution is -2.33. The second-order valence-corrected chi connectivity index (χ2v) is 5.12. The molecule has 1 nitrogen and oxygen atoms in total. The molecule has 1 rings (SSSR count). The van der Waals surface area contributed by atoms with Crippen LogP contribution in [0.4, 0.5) is 4.39 Å². The number of nitrogens with two attached hydrogens (primary N) is 1. The van der Waals surface area contributed by atoms with Gasteiger partial charge in [0.05, 0.1) is 0 Å². The predicted octanol–water partition coefficient (Wildman–Crippen LogP) is 5.04. The van der Waals surface area contributed by atoms with Crippen molar-refractivity contribution in [2.24, 2.45) is 11.7 Å². The smallest absolute Gasteiger partial charge is 0.128 e. The van der Waals surface area contributed by atoms with Crippen molar-refractivity contribution in [3.63, 3.8) is 0 Å². The van der Waals surface area contributed by atoms with Crippen molar-refractivity contribution in [2.45, 2.75) is 39.7 Å². The summed E-state index contributed by atoms with van der Waals surface area (Å²) in [6, 6.07) is 6.57. The van der Waals surface area contributed by atoms with Crippen LogP contribution in [0.5, 0.6) is 0 Å². The number of hydrogen-bond donors (Lipinski definition) is 1. The van der Waals surface area contributed by atoms with Crippen LogP contribution >= 0.6 is 0 Å². The lowest BCUT2D eigenvalue weighted by molar-refractivity contribution is 0.465. The van der Waals surface area contributed by atoms with Crippen molar-refractivity contribution in [3.8, 4) is 0 Å². The minimum absolute atomic E-state index is 0.255. The van der Waals surface area contributed by atoms with Gasteiger partial charge in [0.25, 0.3) is 0 Å². The SMILES string of the molecule is C=C.C=CC[C@](C)(N)c1ccccc1F.CC(C)C. The minimum Gasteiger partial charge on any atom is -0.321 e. The second kappa shape index (κ2) is 10.5. The van der Waals surface area contributed by atoms with Crippen LogP contribution in [0.25, 0.3) is 0 Å². The van der Waals surface area contributed by atoms with Gasteiger partial charge in [-0.1, -0.05) is 45.0 Å². The summed E-state index contributed by atoms with van der Waals surface area (Å²) in [5.74, 6) is 0.578. The van der Waals surface area contributed by atoms with Crippen LogP contribution in [0.2, 0.25) is 0 Å². The lowest BCUT2D eigenvalue weighted by Gasteiger charge is -2.23. The van der Waals surface area contributed by atoms with Gasteiger partial charge in [0.15, 0.2) is 0 Å². The number of halogens is 1. The van der Waals surface area contributed by atoms with Crippen LogP contribution in [-0.4, -0.2) is 0 Å². The summed E-state index contributed by atoms with van der Waals surface area (Å²) in [6.07, 6.45) is 2.26. The van der Waals surface area contributed by atoms with Gasteiger partial charge in [-0.3, -0.25) is 0 Å². The quantitative estimate of drug-likeness (QED) is 0.761. The van der Waals surface area contributed by atoms with Gasteiger partial charge >= 0.3 is 0 Å². The first kappa shape index (κ1) is 19.9. The van der Waals surface area contributed by atoms with Gasteiger partial charge in [0, 0.05) is 11.1 Å². The van der Waals surface area contributed by atoms with Gasteiger partial charge < -0.3 is 5.73 Å². The molecule has 0 aliphatic heterocycles. The van der Waals surface area contributed by atoms with Crippen molar-refractivity contribution >= 4 is 0 Å². The molecule has 0 aromatic heterocycles. The fourth-order valence-corrected chi connectivity index (χ4v) is 1.33. The Kier molecular flexibility index (Phi) is 11.0. The van der Waals surface area contributed by atoms with E-state index in [0.29, 0.717) is 12.0 Å². The first-order valence-corrected chi connectivity index (χ1v) is 6.46. The molecule has 0 bridgehead atoms. The molecule has 2 heteroatoms. The van der Waals surface area contributed by atoms with E-state index in [4.69, 9.17) is 5.73 Å². The summed E-state index contributed by atoms with van der Waals surface area (Å²) in [5.41, 5.74) is 5.82. The average molecular weight is 265 g/mol. The number of benzene rings is 1. The van der Waals surface area contributed by atoms with Crippen LogP contribution < -0.4 is 5.73 Å². The maximum absolute atomic E-state index is 13.3. The topological polar surface area (TPSA) is 26.0 Å². The van der Waals surface area contributed by atoms with Crippen LogP contribution in [0.15, 0.2) is 50.1 Å². The first-order valence-electron chi connectivity index (χ1n) is 6.46. The summed E-state index contributed by atoms with van der Waals surface area (Å²) in [6.45, 7) is 17.9. The second-order valence-electron chi connectivity index (χ2n) is 5.12. The molecule has 0 aliphatic rings. The van der Waals surface area contributed by atoms with E-state index in [1.54, 1.807) is 31.2 Å². The Hall–Kier alpha value is -1.41. The van der Waals surface area contributed by atoms with E-state index in [-0.39, 0.29) is 5.82 Å².